The number of carbonyl (C=O) groups excluding carboxylic acids is 1. The molecule has 3 aromatic rings. The maximum Gasteiger partial charge on any atom is 0.326 e. The Kier molecular flexibility index (Phi) is 8.78. The van der Waals surface area contributed by atoms with Gasteiger partial charge in [-0.3, -0.25) is 4.79 Å². The molecule has 186 valence electrons. The van der Waals surface area contributed by atoms with Crippen LogP contribution in [0.5, 0.6) is 11.5 Å². The molecule has 3 aromatic carbocycles. The molecule has 0 fully saturated rings. The van der Waals surface area contributed by atoms with Gasteiger partial charge in [0.1, 0.15) is 24.1 Å². The predicted molar refractivity (Wildman–Crippen MR) is 155 cm³/mol. The minimum Gasteiger partial charge on any atom is -0.497 e. The van der Waals surface area contributed by atoms with Crippen molar-refractivity contribution in [2.75, 3.05) is 7.11 Å². The van der Waals surface area contributed by atoms with E-state index in [0.29, 0.717) is 11.6 Å². The molecule has 6 nitrogen and oxygen atoms in total. The first-order chi connectivity index (χ1) is 17.3. The zero-order chi connectivity index (χ0) is 25.8. The quantitative estimate of drug-likeness (QED) is 0.232. The summed E-state index contributed by atoms with van der Waals surface area (Å²) in [6.45, 7) is 0.535. The molecule has 4 rings (SSSR count). The highest BCUT2D eigenvalue weighted by molar-refractivity contribution is 14.1. The van der Waals surface area contributed by atoms with Crippen LogP contribution in [0.25, 0.3) is 6.08 Å². The van der Waals surface area contributed by atoms with Gasteiger partial charge in [-0.1, -0.05) is 35.9 Å². The number of carboxylic acid groups (broad SMARTS) is 1. The molecule has 0 aromatic heterocycles. The second-order valence-electron chi connectivity index (χ2n) is 8.19. The zero-order valence-corrected chi connectivity index (χ0v) is 24.3. The lowest BCUT2D eigenvalue weighted by molar-refractivity contribution is -0.149. The third-order valence-corrected chi connectivity index (χ3v) is 8.06. The molecule has 9 heteroatoms. The van der Waals surface area contributed by atoms with Crippen LogP contribution in [0.2, 0.25) is 5.02 Å². The van der Waals surface area contributed by atoms with E-state index in [1.807, 2.05) is 30.3 Å². The van der Waals surface area contributed by atoms with Gasteiger partial charge in [-0.25, -0.2) is 4.79 Å². The van der Waals surface area contributed by atoms with Gasteiger partial charge in [-0.2, -0.15) is 0 Å². The largest absolute Gasteiger partial charge is 0.497 e. The average molecular weight is 730 g/mol. The number of carbonyl (C=O) groups is 2. The third-order valence-electron chi connectivity index (χ3n) is 5.86. The summed E-state index contributed by atoms with van der Waals surface area (Å²) >= 11 is 10.4. The number of aliphatic carboxylic acids is 1. The molecule has 1 N–H and O–H groups in total. The number of benzene rings is 3. The first-order valence-electron chi connectivity index (χ1n) is 11.0. The Hall–Kier alpha value is -2.31. The second kappa shape index (κ2) is 11.8. The fourth-order valence-corrected chi connectivity index (χ4v) is 6.39. The Balaban J connectivity index is 1.59. The lowest BCUT2D eigenvalue weighted by atomic mass is 9.93. The summed E-state index contributed by atoms with van der Waals surface area (Å²) in [7, 11) is 1.62. The van der Waals surface area contributed by atoms with Crippen molar-refractivity contribution in [1.29, 1.82) is 0 Å². The molecular weight excluding hydrogens is 708 g/mol. The Morgan fingerprint density at radius 2 is 1.92 bits per heavy atom. The van der Waals surface area contributed by atoms with Gasteiger partial charge in [-0.15, -0.1) is 0 Å². The van der Waals surface area contributed by atoms with E-state index in [0.717, 1.165) is 40.9 Å². The average Bonchev–Trinajstić information content (AvgIpc) is 2.87. The molecule has 1 heterocycles. The molecule has 0 unspecified atom stereocenters. The van der Waals surface area contributed by atoms with Crippen molar-refractivity contribution in [2.45, 2.75) is 25.6 Å². The Morgan fingerprint density at radius 1 is 1.17 bits per heavy atom. The summed E-state index contributed by atoms with van der Waals surface area (Å²) in [5.74, 6) is 0.0792. The monoisotopic (exact) mass is 729 g/mol. The van der Waals surface area contributed by atoms with Gasteiger partial charge in [0.2, 0.25) is 5.91 Å². The van der Waals surface area contributed by atoms with Crippen molar-refractivity contribution in [1.82, 2.24) is 4.90 Å². The highest BCUT2D eigenvalue weighted by atomic mass is 127. The van der Waals surface area contributed by atoms with Crippen LogP contribution in [0.3, 0.4) is 0 Å². The zero-order valence-electron chi connectivity index (χ0n) is 19.2. The fraction of sp³-hybridized carbons (Fsp3) is 0.185. The van der Waals surface area contributed by atoms with Gasteiger partial charge in [0, 0.05) is 24.1 Å². The summed E-state index contributed by atoms with van der Waals surface area (Å²) in [5, 5.41) is 10.5. The molecule has 1 aliphatic rings. The van der Waals surface area contributed by atoms with Gasteiger partial charge in [0.05, 0.1) is 14.3 Å². The number of carboxylic acids is 1. The summed E-state index contributed by atoms with van der Waals surface area (Å²) in [6, 6.07) is 15.7. The van der Waals surface area contributed by atoms with E-state index in [1.165, 1.54) is 11.0 Å². The van der Waals surface area contributed by atoms with Crippen LogP contribution in [0.1, 0.15) is 22.3 Å². The van der Waals surface area contributed by atoms with Crippen LogP contribution in [0.15, 0.2) is 60.7 Å². The molecule has 1 amide bonds. The highest BCUT2D eigenvalue weighted by Crippen LogP contribution is 2.37. The number of fused-ring (bicyclic) bond motifs is 1. The maximum absolute atomic E-state index is 13.1. The maximum atomic E-state index is 13.1. The van der Waals surface area contributed by atoms with Crippen molar-refractivity contribution in [3.05, 3.63) is 95.1 Å². The summed E-state index contributed by atoms with van der Waals surface area (Å²) in [4.78, 5) is 26.6. The summed E-state index contributed by atoms with van der Waals surface area (Å²) < 4.78 is 13.2. The minimum absolute atomic E-state index is 0.181. The molecule has 1 atom stereocenters. The van der Waals surface area contributed by atoms with Crippen LogP contribution < -0.4 is 9.47 Å². The van der Waals surface area contributed by atoms with E-state index in [9.17, 15) is 14.7 Å². The number of nitrogens with zero attached hydrogens (tertiary/aromatic N) is 1. The lowest BCUT2D eigenvalue weighted by Crippen LogP contribution is -2.48. The van der Waals surface area contributed by atoms with Crippen LogP contribution in [0.4, 0.5) is 0 Å². The minimum atomic E-state index is -1.03. The number of halogens is 3. The number of ether oxygens (including phenoxy) is 2. The van der Waals surface area contributed by atoms with Crippen molar-refractivity contribution < 1.29 is 24.2 Å². The Labute approximate surface area is 241 Å². The molecule has 0 radical (unpaired) electrons. The van der Waals surface area contributed by atoms with Gasteiger partial charge < -0.3 is 19.5 Å². The molecule has 0 aliphatic carbocycles. The topological polar surface area (TPSA) is 76.1 Å². The first-order valence-corrected chi connectivity index (χ1v) is 13.5. The Bertz CT molecular complexity index is 1330. The van der Waals surface area contributed by atoms with Crippen LogP contribution >= 0.6 is 56.8 Å². The van der Waals surface area contributed by atoms with Gasteiger partial charge >= 0.3 is 5.97 Å². The standard InChI is InChI=1S/C27H22ClI2NO5/c1-35-20-4-2-3-17(11-20)15-36-26-22(29)12-18-13-23(27(33)34)31(14-21(18)25(26)30)24(32)10-7-16-5-8-19(28)9-6-16/h2-12,23H,13-15H2,1H3,(H,33,34)/b10-7+/t23-/m0/s1. The summed E-state index contributed by atoms with van der Waals surface area (Å²) in [5.41, 5.74) is 3.58. The van der Waals surface area contributed by atoms with E-state index in [1.54, 1.807) is 37.5 Å². The van der Waals surface area contributed by atoms with Gasteiger partial charge in [0.15, 0.2) is 0 Å². The van der Waals surface area contributed by atoms with Crippen LogP contribution in [-0.2, 0) is 29.2 Å². The van der Waals surface area contributed by atoms with Crippen molar-refractivity contribution in [3.63, 3.8) is 0 Å². The number of rotatable bonds is 7. The van der Waals surface area contributed by atoms with Crippen molar-refractivity contribution in [2.24, 2.45) is 0 Å². The SMILES string of the molecule is COc1cccc(COc2c(I)cc3c(c2I)CN(C(=O)/C=C/c2ccc(Cl)cc2)[C@H](C(=O)O)C3)c1. The van der Waals surface area contributed by atoms with E-state index in [-0.39, 0.29) is 18.9 Å². The molecule has 36 heavy (non-hydrogen) atoms. The molecule has 0 saturated heterocycles. The van der Waals surface area contributed by atoms with Crippen LogP contribution in [-0.4, -0.2) is 35.0 Å². The molecular formula is C27H22ClI2NO5. The number of amides is 1. The molecule has 1 aliphatic heterocycles. The van der Waals surface area contributed by atoms with E-state index in [2.05, 4.69) is 45.2 Å². The van der Waals surface area contributed by atoms with E-state index >= 15 is 0 Å². The van der Waals surface area contributed by atoms with Crippen LogP contribution in [0, 0.1) is 7.14 Å². The van der Waals surface area contributed by atoms with Gasteiger partial charge in [-0.05, 0) is 104 Å². The van der Waals surface area contributed by atoms with E-state index in [4.69, 9.17) is 21.1 Å². The predicted octanol–water partition coefficient (Wildman–Crippen LogP) is 6.19. The van der Waals surface area contributed by atoms with Crippen molar-refractivity contribution >= 4 is 74.7 Å². The molecule has 0 bridgehead atoms. The van der Waals surface area contributed by atoms with Crippen molar-refractivity contribution in [3.8, 4) is 11.5 Å². The van der Waals surface area contributed by atoms with Gasteiger partial charge in [0.25, 0.3) is 0 Å². The molecule has 0 spiro atoms. The lowest BCUT2D eigenvalue weighted by Gasteiger charge is -2.35. The smallest absolute Gasteiger partial charge is 0.326 e. The summed E-state index contributed by atoms with van der Waals surface area (Å²) in [6.07, 6.45) is 3.30. The normalized spacial score (nSPS) is 15.0. The Morgan fingerprint density at radius 3 is 2.61 bits per heavy atom. The first kappa shape index (κ1) is 26.7. The third kappa shape index (κ3) is 6.15. The molecule has 0 saturated carbocycles. The number of hydrogen-bond donors (Lipinski definition) is 1. The number of methoxy groups -OCH3 is 1. The second-order valence-corrected chi connectivity index (χ2v) is 10.9. The fourth-order valence-electron chi connectivity index (χ4n) is 3.98. The number of hydrogen-bond acceptors (Lipinski definition) is 4. The van der Waals surface area contributed by atoms with E-state index < -0.39 is 12.0 Å². The highest BCUT2D eigenvalue weighted by Gasteiger charge is 2.35.